The molecule has 18 heavy (non-hydrogen) atoms. The Morgan fingerprint density at radius 3 is 2.44 bits per heavy atom. The van der Waals surface area contributed by atoms with Crippen LogP contribution in [0.2, 0.25) is 0 Å². The maximum atomic E-state index is 15.0. The Hall–Kier alpha value is -0.190. The molecular weight excluding hydrogens is 233 g/mol. The average Bonchev–Trinajstić information content (AvgIpc) is 2.72. The van der Waals surface area contributed by atoms with E-state index in [1.807, 2.05) is 0 Å². The molecule has 3 rings (SSSR count). The van der Waals surface area contributed by atoms with Gasteiger partial charge in [-0.1, -0.05) is 0 Å². The normalized spacial score (nSPS) is 44.3. The van der Waals surface area contributed by atoms with E-state index in [1.54, 1.807) is 0 Å². The van der Waals surface area contributed by atoms with Gasteiger partial charge in [-0.3, -0.25) is 0 Å². The molecule has 0 aromatic rings. The van der Waals surface area contributed by atoms with E-state index in [9.17, 15) is 0 Å². The van der Waals surface area contributed by atoms with Crippen molar-refractivity contribution in [2.75, 3.05) is 19.8 Å². The molecule has 2 heterocycles. The second-order valence-corrected chi connectivity index (χ2v) is 6.37. The first-order chi connectivity index (χ1) is 8.62. The zero-order chi connectivity index (χ0) is 12.6. The number of alkyl halides is 1. The van der Waals surface area contributed by atoms with Gasteiger partial charge in [0.25, 0.3) is 0 Å². The third-order valence-electron chi connectivity index (χ3n) is 5.16. The van der Waals surface area contributed by atoms with Crippen molar-refractivity contribution in [3.8, 4) is 0 Å². The summed E-state index contributed by atoms with van der Waals surface area (Å²) >= 11 is 0. The SMILES string of the molecule is NC1CCC(F)(C2CCOC3(CCOCC3)C2)C1. The molecule has 2 saturated heterocycles. The maximum Gasteiger partial charge on any atom is 0.115 e. The van der Waals surface area contributed by atoms with Crippen LogP contribution in [0.3, 0.4) is 0 Å². The molecule has 104 valence electrons. The Morgan fingerprint density at radius 2 is 1.78 bits per heavy atom. The van der Waals surface area contributed by atoms with E-state index in [2.05, 4.69) is 0 Å². The highest BCUT2D eigenvalue weighted by Gasteiger charge is 2.50. The molecule has 0 amide bonds. The van der Waals surface area contributed by atoms with E-state index in [0.717, 1.165) is 45.3 Å². The van der Waals surface area contributed by atoms with Crippen molar-refractivity contribution >= 4 is 0 Å². The lowest BCUT2D eigenvalue weighted by Gasteiger charge is -2.46. The van der Waals surface area contributed by atoms with E-state index in [0.29, 0.717) is 19.4 Å². The van der Waals surface area contributed by atoms with E-state index >= 15 is 4.39 Å². The highest BCUT2D eigenvalue weighted by atomic mass is 19.1. The molecule has 3 nitrogen and oxygen atoms in total. The minimum atomic E-state index is -1.03. The summed E-state index contributed by atoms with van der Waals surface area (Å²) in [5.41, 5.74) is 4.76. The van der Waals surface area contributed by atoms with Gasteiger partial charge in [0, 0.05) is 25.9 Å². The van der Waals surface area contributed by atoms with E-state index in [-0.39, 0.29) is 17.6 Å². The van der Waals surface area contributed by atoms with Crippen LogP contribution in [0.15, 0.2) is 0 Å². The third-order valence-corrected chi connectivity index (χ3v) is 5.16. The Morgan fingerprint density at radius 1 is 1.00 bits per heavy atom. The molecule has 2 aliphatic heterocycles. The lowest BCUT2D eigenvalue weighted by Crippen LogP contribution is -2.49. The van der Waals surface area contributed by atoms with Crippen molar-refractivity contribution in [3.05, 3.63) is 0 Å². The first-order valence-corrected chi connectivity index (χ1v) is 7.28. The van der Waals surface area contributed by atoms with E-state index in [4.69, 9.17) is 15.2 Å². The van der Waals surface area contributed by atoms with Gasteiger partial charge in [0.15, 0.2) is 0 Å². The van der Waals surface area contributed by atoms with Crippen molar-refractivity contribution in [1.29, 1.82) is 0 Å². The molecule has 4 heteroatoms. The predicted molar refractivity (Wildman–Crippen MR) is 67.1 cm³/mol. The standard InChI is InChI=1S/C14H24FNO2/c15-14(3-1-12(16)10-14)11-2-6-18-13(9-11)4-7-17-8-5-13/h11-12H,1-10,16H2. The zero-order valence-electron chi connectivity index (χ0n) is 11.0. The van der Waals surface area contributed by atoms with Gasteiger partial charge in [0.1, 0.15) is 5.67 Å². The molecule has 0 aromatic heterocycles. The number of halogens is 1. The van der Waals surface area contributed by atoms with Crippen LogP contribution < -0.4 is 5.73 Å². The van der Waals surface area contributed by atoms with Gasteiger partial charge < -0.3 is 15.2 Å². The van der Waals surface area contributed by atoms with Gasteiger partial charge in [-0.05, 0) is 50.9 Å². The van der Waals surface area contributed by atoms with Crippen LogP contribution in [0.1, 0.15) is 44.9 Å². The van der Waals surface area contributed by atoms with Gasteiger partial charge in [0.05, 0.1) is 5.60 Å². The molecule has 1 spiro atoms. The van der Waals surface area contributed by atoms with Crippen molar-refractivity contribution in [3.63, 3.8) is 0 Å². The number of ether oxygens (including phenoxy) is 2. The minimum Gasteiger partial charge on any atom is -0.381 e. The summed E-state index contributed by atoms with van der Waals surface area (Å²) in [5, 5.41) is 0. The van der Waals surface area contributed by atoms with Crippen LogP contribution >= 0.6 is 0 Å². The van der Waals surface area contributed by atoms with E-state index < -0.39 is 5.67 Å². The molecule has 3 fully saturated rings. The van der Waals surface area contributed by atoms with E-state index in [1.165, 1.54) is 0 Å². The third kappa shape index (κ3) is 2.30. The summed E-state index contributed by atoms with van der Waals surface area (Å²) in [7, 11) is 0. The Kier molecular flexibility index (Phi) is 3.37. The quantitative estimate of drug-likeness (QED) is 0.783. The smallest absolute Gasteiger partial charge is 0.115 e. The van der Waals surface area contributed by atoms with Crippen LogP contribution in [0.25, 0.3) is 0 Å². The largest absolute Gasteiger partial charge is 0.381 e. The first kappa shape index (κ1) is 12.8. The summed E-state index contributed by atoms with van der Waals surface area (Å²) < 4.78 is 26.4. The molecule has 1 aliphatic carbocycles. The van der Waals surface area contributed by atoms with Gasteiger partial charge in [0.2, 0.25) is 0 Å². The van der Waals surface area contributed by atoms with Crippen molar-refractivity contribution in [1.82, 2.24) is 0 Å². The molecule has 0 aromatic carbocycles. The lowest BCUT2D eigenvalue weighted by atomic mass is 9.73. The Balaban J connectivity index is 1.70. The number of hydrogen-bond acceptors (Lipinski definition) is 3. The van der Waals surface area contributed by atoms with Gasteiger partial charge >= 0.3 is 0 Å². The Labute approximate surface area is 108 Å². The monoisotopic (exact) mass is 257 g/mol. The number of nitrogens with two attached hydrogens (primary N) is 1. The minimum absolute atomic E-state index is 0.0588. The van der Waals surface area contributed by atoms with Gasteiger partial charge in [-0.15, -0.1) is 0 Å². The molecule has 0 radical (unpaired) electrons. The molecule has 1 saturated carbocycles. The topological polar surface area (TPSA) is 44.5 Å². The summed E-state index contributed by atoms with van der Waals surface area (Å²) in [6, 6.07) is 0.0588. The highest BCUT2D eigenvalue weighted by Crippen LogP contribution is 2.48. The molecule has 3 aliphatic rings. The number of hydrogen-bond donors (Lipinski definition) is 1. The molecule has 0 bridgehead atoms. The fourth-order valence-electron chi connectivity index (χ4n) is 4.00. The molecular formula is C14H24FNO2. The van der Waals surface area contributed by atoms with Crippen LogP contribution in [-0.2, 0) is 9.47 Å². The molecule has 3 unspecified atom stereocenters. The van der Waals surface area contributed by atoms with Crippen molar-refractivity contribution in [2.45, 2.75) is 62.3 Å². The second kappa shape index (κ2) is 4.73. The van der Waals surface area contributed by atoms with Gasteiger partial charge in [-0.2, -0.15) is 0 Å². The van der Waals surface area contributed by atoms with Crippen LogP contribution in [0, 0.1) is 5.92 Å². The lowest BCUT2D eigenvalue weighted by molar-refractivity contribution is -0.163. The summed E-state index contributed by atoms with van der Waals surface area (Å²) in [6.45, 7) is 2.21. The molecule has 2 N–H and O–H groups in total. The fraction of sp³-hybridized carbons (Fsp3) is 1.00. The van der Waals surface area contributed by atoms with Crippen LogP contribution in [0.4, 0.5) is 4.39 Å². The maximum absolute atomic E-state index is 15.0. The van der Waals surface area contributed by atoms with Crippen molar-refractivity contribution < 1.29 is 13.9 Å². The average molecular weight is 257 g/mol. The zero-order valence-corrected chi connectivity index (χ0v) is 11.0. The van der Waals surface area contributed by atoms with Gasteiger partial charge in [-0.25, -0.2) is 4.39 Å². The fourth-order valence-corrected chi connectivity index (χ4v) is 4.00. The van der Waals surface area contributed by atoms with Crippen LogP contribution in [-0.4, -0.2) is 37.1 Å². The van der Waals surface area contributed by atoms with Crippen LogP contribution in [0.5, 0.6) is 0 Å². The Bertz CT molecular complexity index is 301. The molecule has 3 atom stereocenters. The first-order valence-electron chi connectivity index (χ1n) is 7.28. The van der Waals surface area contributed by atoms with Crippen molar-refractivity contribution in [2.24, 2.45) is 11.7 Å². The second-order valence-electron chi connectivity index (χ2n) is 6.37. The number of rotatable bonds is 1. The summed E-state index contributed by atoms with van der Waals surface area (Å²) in [4.78, 5) is 0. The summed E-state index contributed by atoms with van der Waals surface area (Å²) in [6.07, 6.45) is 5.59. The summed E-state index contributed by atoms with van der Waals surface area (Å²) in [5.74, 6) is 0.137. The highest BCUT2D eigenvalue weighted by molar-refractivity contribution is 5.01. The predicted octanol–water partition coefficient (Wildman–Crippen LogP) is 2.18.